The molecule has 0 atom stereocenters. The summed E-state index contributed by atoms with van der Waals surface area (Å²) in [6, 6.07) is 7.73. The Bertz CT molecular complexity index is 1070. The number of fused-ring (bicyclic) bond motifs is 1. The number of aryl methyl sites for hydroxylation is 3. The molecule has 8 heteroatoms. The van der Waals surface area contributed by atoms with Crippen molar-refractivity contribution in [2.24, 2.45) is 0 Å². The zero-order valence-corrected chi connectivity index (χ0v) is 17.0. The van der Waals surface area contributed by atoms with Crippen molar-refractivity contribution in [3.05, 3.63) is 46.5 Å². The lowest BCUT2D eigenvalue weighted by atomic mass is 9.96. The third-order valence-electron chi connectivity index (χ3n) is 5.73. The summed E-state index contributed by atoms with van der Waals surface area (Å²) in [5.41, 5.74) is 1.15. The van der Waals surface area contributed by atoms with Crippen LogP contribution in [-0.2, 0) is 23.4 Å². The molecule has 1 amide bonds. The maximum Gasteiger partial charge on any atom is 0.329 e. The third-order valence-corrected chi connectivity index (χ3v) is 5.73. The van der Waals surface area contributed by atoms with Crippen molar-refractivity contribution in [1.29, 1.82) is 0 Å². The Kier molecular flexibility index (Phi) is 5.25. The first-order valence-electron chi connectivity index (χ1n) is 10.3. The van der Waals surface area contributed by atoms with E-state index in [2.05, 4.69) is 15.5 Å². The summed E-state index contributed by atoms with van der Waals surface area (Å²) in [7, 11) is 0. The van der Waals surface area contributed by atoms with Crippen molar-refractivity contribution < 1.29 is 9.32 Å². The van der Waals surface area contributed by atoms with E-state index in [-0.39, 0.29) is 18.0 Å². The summed E-state index contributed by atoms with van der Waals surface area (Å²) < 4.78 is 8.63. The number of aromatic nitrogens is 4. The van der Waals surface area contributed by atoms with Gasteiger partial charge in [-0.1, -0.05) is 37.1 Å². The fourth-order valence-corrected chi connectivity index (χ4v) is 4.35. The highest BCUT2D eigenvalue weighted by Gasteiger charge is 2.41. The number of carbonyl (C=O) groups excluding carboxylic acids is 1. The van der Waals surface area contributed by atoms with Gasteiger partial charge in [0.1, 0.15) is 5.54 Å². The Morgan fingerprint density at radius 2 is 1.83 bits per heavy atom. The Hall–Kier alpha value is -2.90. The SMILES string of the molecule is CCCn1c(=O)n(CCC(=O)NC2(c3noc(C)n3)CCCC2)c2ccccc21. The standard InChI is InChI=1S/C21H27N5O3/c1-3-13-25-16-8-4-5-9-17(16)26(20(25)28)14-10-18(27)23-21(11-6-7-12-21)19-22-15(2)29-24-19/h4-5,8-9H,3,6-7,10-14H2,1-2H3,(H,23,27). The van der Waals surface area contributed by atoms with Crippen LogP contribution in [0.1, 0.15) is 57.2 Å². The second kappa shape index (κ2) is 7.85. The van der Waals surface area contributed by atoms with Crippen LogP contribution in [0.25, 0.3) is 11.0 Å². The van der Waals surface area contributed by atoms with E-state index in [9.17, 15) is 9.59 Å². The van der Waals surface area contributed by atoms with E-state index in [1.165, 1.54) is 0 Å². The average Bonchev–Trinajstić information content (AvgIpc) is 3.41. The molecule has 2 aromatic heterocycles. The quantitative estimate of drug-likeness (QED) is 0.661. The van der Waals surface area contributed by atoms with Crippen molar-refractivity contribution in [2.75, 3.05) is 0 Å². The summed E-state index contributed by atoms with van der Waals surface area (Å²) in [5, 5.41) is 7.21. The number of para-hydroxylation sites is 2. The molecule has 0 bridgehead atoms. The monoisotopic (exact) mass is 397 g/mol. The summed E-state index contributed by atoms with van der Waals surface area (Å²) in [5.74, 6) is 0.946. The highest BCUT2D eigenvalue weighted by atomic mass is 16.5. The number of hydrogen-bond acceptors (Lipinski definition) is 5. The van der Waals surface area contributed by atoms with E-state index in [0.29, 0.717) is 24.8 Å². The van der Waals surface area contributed by atoms with Gasteiger partial charge >= 0.3 is 5.69 Å². The first-order valence-corrected chi connectivity index (χ1v) is 10.3. The van der Waals surface area contributed by atoms with Crippen LogP contribution >= 0.6 is 0 Å². The van der Waals surface area contributed by atoms with Gasteiger partial charge in [-0.3, -0.25) is 13.9 Å². The van der Waals surface area contributed by atoms with Gasteiger partial charge in [0.15, 0.2) is 5.82 Å². The highest BCUT2D eigenvalue weighted by Crippen LogP contribution is 2.37. The van der Waals surface area contributed by atoms with Gasteiger partial charge in [0.05, 0.1) is 11.0 Å². The van der Waals surface area contributed by atoms with E-state index >= 15 is 0 Å². The summed E-state index contributed by atoms with van der Waals surface area (Å²) in [6.07, 6.45) is 4.72. The molecule has 1 N–H and O–H groups in total. The van der Waals surface area contributed by atoms with E-state index in [1.807, 2.05) is 31.2 Å². The molecule has 1 aromatic carbocycles. The van der Waals surface area contributed by atoms with Gasteiger partial charge in [-0.2, -0.15) is 4.98 Å². The van der Waals surface area contributed by atoms with Gasteiger partial charge in [0, 0.05) is 26.4 Å². The molecule has 0 radical (unpaired) electrons. The van der Waals surface area contributed by atoms with E-state index in [1.54, 1.807) is 16.1 Å². The second-order valence-corrected chi connectivity index (χ2v) is 7.80. The van der Waals surface area contributed by atoms with Crippen molar-refractivity contribution in [2.45, 2.75) is 71.0 Å². The second-order valence-electron chi connectivity index (χ2n) is 7.80. The van der Waals surface area contributed by atoms with E-state index in [4.69, 9.17) is 4.52 Å². The topological polar surface area (TPSA) is 95.0 Å². The number of carbonyl (C=O) groups is 1. The van der Waals surface area contributed by atoms with E-state index in [0.717, 1.165) is 43.1 Å². The van der Waals surface area contributed by atoms with Crippen LogP contribution in [0.15, 0.2) is 33.6 Å². The summed E-state index contributed by atoms with van der Waals surface area (Å²) in [4.78, 5) is 30.1. The molecular formula is C21H27N5O3. The largest absolute Gasteiger partial charge is 0.343 e. The molecular weight excluding hydrogens is 370 g/mol. The first kappa shape index (κ1) is 19.4. The molecule has 1 aliphatic rings. The van der Waals surface area contributed by atoms with Gasteiger partial charge in [0.25, 0.3) is 0 Å². The number of nitrogens with zero attached hydrogens (tertiary/aromatic N) is 4. The molecule has 3 aromatic rings. The van der Waals surface area contributed by atoms with Crippen LogP contribution in [0.2, 0.25) is 0 Å². The van der Waals surface area contributed by atoms with Gasteiger partial charge < -0.3 is 9.84 Å². The Morgan fingerprint density at radius 3 is 2.41 bits per heavy atom. The normalized spacial score (nSPS) is 15.8. The number of benzene rings is 1. The van der Waals surface area contributed by atoms with Gasteiger partial charge in [-0.05, 0) is 31.4 Å². The molecule has 154 valence electrons. The van der Waals surface area contributed by atoms with E-state index < -0.39 is 5.54 Å². The number of rotatable bonds is 7. The number of nitrogens with one attached hydrogen (secondary N) is 1. The van der Waals surface area contributed by atoms with Crippen molar-refractivity contribution in [3.63, 3.8) is 0 Å². The molecule has 1 saturated carbocycles. The molecule has 0 spiro atoms. The van der Waals surface area contributed by atoms with Crippen LogP contribution in [0.4, 0.5) is 0 Å². The summed E-state index contributed by atoms with van der Waals surface area (Å²) in [6.45, 7) is 4.80. The lowest BCUT2D eigenvalue weighted by molar-refractivity contribution is -0.123. The maximum absolute atomic E-state index is 12.9. The van der Waals surface area contributed by atoms with Crippen LogP contribution in [0.3, 0.4) is 0 Å². The number of amides is 1. The van der Waals surface area contributed by atoms with Gasteiger partial charge in [0.2, 0.25) is 11.8 Å². The molecule has 1 fully saturated rings. The minimum absolute atomic E-state index is 0.0646. The fourth-order valence-electron chi connectivity index (χ4n) is 4.35. The molecule has 0 saturated heterocycles. The van der Waals surface area contributed by atoms with Crippen LogP contribution < -0.4 is 11.0 Å². The van der Waals surface area contributed by atoms with Crippen molar-refractivity contribution >= 4 is 16.9 Å². The van der Waals surface area contributed by atoms with Crippen LogP contribution in [0, 0.1) is 6.92 Å². The maximum atomic E-state index is 12.9. The minimum Gasteiger partial charge on any atom is -0.343 e. The molecule has 1 aliphatic carbocycles. The molecule has 0 unspecified atom stereocenters. The zero-order chi connectivity index (χ0) is 20.4. The molecule has 29 heavy (non-hydrogen) atoms. The van der Waals surface area contributed by atoms with Crippen LogP contribution in [-0.4, -0.2) is 25.2 Å². The van der Waals surface area contributed by atoms with Crippen molar-refractivity contribution in [1.82, 2.24) is 24.6 Å². The predicted octanol–water partition coefficient (Wildman–Crippen LogP) is 2.88. The fraction of sp³-hybridized carbons (Fsp3) is 0.524. The average molecular weight is 397 g/mol. The Balaban J connectivity index is 1.53. The zero-order valence-electron chi connectivity index (χ0n) is 17.0. The smallest absolute Gasteiger partial charge is 0.329 e. The minimum atomic E-state index is -0.560. The third kappa shape index (κ3) is 3.59. The Morgan fingerprint density at radius 1 is 1.17 bits per heavy atom. The van der Waals surface area contributed by atoms with Gasteiger partial charge in [-0.15, -0.1) is 0 Å². The summed E-state index contributed by atoms with van der Waals surface area (Å²) >= 11 is 0. The molecule has 0 aliphatic heterocycles. The predicted molar refractivity (Wildman–Crippen MR) is 108 cm³/mol. The molecule has 8 nitrogen and oxygen atoms in total. The lowest BCUT2D eigenvalue weighted by Gasteiger charge is -2.26. The van der Waals surface area contributed by atoms with Gasteiger partial charge in [-0.25, -0.2) is 4.79 Å². The van der Waals surface area contributed by atoms with Crippen LogP contribution in [0.5, 0.6) is 0 Å². The number of hydrogen-bond donors (Lipinski definition) is 1. The Labute approximate surface area is 168 Å². The lowest BCUT2D eigenvalue weighted by Crippen LogP contribution is -2.45. The molecule has 2 heterocycles. The number of imidazole rings is 1. The first-order chi connectivity index (χ1) is 14.0. The highest BCUT2D eigenvalue weighted by molar-refractivity contribution is 5.78. The molecule has 4 rings (SSSR count). The van der Waals surface area contributed by atoms with Crippen molar-refractivity contribution in [3.8, 4) is 0 Å².